The van der Waals surface area contributed by atoms with E-state index in [1.54, 1.807) is 10.6 Å². The Balaban J connectivity index is 1.77. The Morgan fingerprint density at radius 2 is 1.53 bits per heavy atom. The van der Waals surface area contributed by atoms with Crippen LogP contribution in [0.25, 0.3) is 16.8 Å². The number of rotatable bonds is 7. The molecule has 0 spiro atoms. The van der Waals surface area contributed by atoms with Gasteiger partial charge in [0.2, 0.25) is 0 Å². The van der Waals surface area contributed by atoms with Gasteiger partial charge in [-0.1, -0.05) is 48.5 Å². The number of para-hydroxylation sites is 1. The van der Waals surface area contributed by atoms with Crippen LogP contribution in [0.2, 0.25) is 0 Å². The molecule has 1 saturated heterocycles. The van der Waals surface area contributed by atoms with Gasteiger partial charge in [0.05, 0.1) is 18.0 Å². The second-order valence-electron chi connectivity index (χ2n) is 9.47. The van der Waals surface area contributed by atoms with E-state index in [1.165, 1.54) is 0 Å². The molecule has 7 heteroatoms. The molecule has 1 aliphatic rings. The zero-order valence-corrected chi connectivity index (χ0v) is 22.2. The van der Waals surface area contributed by atoms with Crippen molar-refractivity contribution >= 4 is 17.2 Å². The van der Waals surface area contributed by atoms with Gasteiger partial charge >= 0.3 is 0 Å². The van der Waals surface area contributed by atoms with E-state index < -0.39 is 0 Å². The summed E-state index contributed by atoms with van der Waals surface area (Å²) in [5, 5.41) is 9.56. The largest absolute Gasteiger partial charge is 0.494 e. The highest BCUT2D eigenvalue weighted by Gasteiger charge is 2.25. The topological polar surface area (TPSA) is 62.4 Å². The number of anilines is 1. The van der Waals surface area contributed by atoms with Crippen LogP contribution in [0.15, 0.2) is 100.0 Å². The third kappa shape index (κ3) is 5.38. The van der Waals surface area contributed by atoms with Crippen molar-refractivity contribution in [1.29, 1.82) is 0 Å². The van der Waals surface area contributed by atoms with E-state index in [0.717, 1.165) is 65.8 Å². The maximum Gasteiger partial charge on any atom is 0.257 e. The second-order valence-corrected chi connectivity index (χ2v) is 9.47. The molecule has 0 saturated carbocycles. The van der Waals surface area contributed by atoms with Gasteiger partial charge in [0.1, 0.15) is 17.3 Å². The standard InChI is InChI=1S/C31H33N5O2/c1-4-38-26-16-14-24(15-17-26)27-22-29(37)36(25-11-6-5-7-12-25)31(35-20-18-34(3)19-21-35)30(27)33-32-28-13-9-8-10-23(28)2/h5-17,22H,4,18-21H2,1-3H3. The molecule has 7 nitrogen and oxygen atoms in total. The molecule has 1 aromatic heterocycles. The summed E-state index contributed by atoms with van der Waals surface area (Å²) in [6.07, 6.45) is 0. The number of piperazine rings is 1. The molecule has 5 rings (SSSR count). The van der Waals surface area contributed by atoms with Crippen LogP contribution in [0.4, 0.5) is 17.2 Å². The number of aryl methyl sites for hydroxylation is 1. The summed E-state index contributed by atoms with van der Waals surface area (Å²) in [7, 11) is 2.12. The maximum absolute atomic E-state index is 13.8. The second kappa shape index (κ2) is 11.4. The molecule has 0 radical (unpaired) electrons. The summed E-state index contributed by atoms with van der Waals surface area (Å²) < 4.78 is 7.43. The first-order valence-electron chi connectivity index (χ1n) is 13.0. The normalized spacial score (nSPS) is 14.2. The van der Waals surface area contributed by atoms with Crippen molar-refractivity contribution in [2.45, 2.75) is 13.8 Å². The zero-order chi connectivity index (χ0) is 26.5. The highest BCUT2D eigenvalue weighted by Crippen LogP contribution is 2.40. The molecule has 0 bridgehead atoms. The first-order chi connectivity index (χ1) is 18.5. The molecular formula is C31H33N5O2. The molecule has 1 fully saturated rings. The van der Waals surface area contributed by atoms with Crippen LogP contribution in [-0.2, 0) is 0 Å². The van der Waals surface area contributed by atoms with Gasteiger partial charge in [-0.05, 0) is 62.4 Å². The summed E-state index contributed by atoms with van der Waals surface area (Å²) >= 11 is 0. The van der Waals surface area contributed by atoms with Crippen molar-refractivity contribution in [1.82, 2.24) is 9.47 Å². The van der Waals surface area contributed by atoms with E-state index in [4.69, 9.17) is 15.0 Å². The van der Waals surface area contributed by atoms with Crippen LogP contribution in [0.5, 0.6) is 5.75 Å². The van der Waals surface area contributed by atoms with Gasteiger partial charge in [0.15, 0.2) is 0 Å². The highest BCUT2D eigenvalue weighted by atomic mass is 16.5. The van der Waals surface area contributed by atoms with Gasteiger partial charge in [-0.15, -0.1) is 5.11 Å². The molecule has 0 atom stereocenters. The molecule has 0 amide bonds. The number of ether oxygens (including phenoxy) is 1. The van der Waals surface area contributed by atoms with Crippen molar-refractivity contribution in [2.75, 3.05) is 44.7 Å². The Bertz CT molecular complexity index is 1470. The van der Waals surface area contributed by atoms with Crippen LogP contribution in [-0.4, -0.2) is 49.3 Å². The molecule has 194 valence electrons. The van der Waals surface area contributed by atoms with Crippen molar-refractivity contribution in [3.8, 4) is 22.6 Å². The van der Waals surface area contributed by atoms with Crippen molar-refractivity contribution < 1.29 is 4.74 Å². The molecule has 0 N–H and O–H groups in total. The van der Waals surface area contributed by atoms with E-state index >= 15 is 0 Å². The van der Waals surface area contributed by atoms with Gasteiger partial charge in [0.25, 0.3) is 5.56 Å². The Labute approximate surface area is 223 Å². The highest BCUT2D eigenvalue weighted by molar-refractivity contribution is 5.84. The van der Waals surface area contributed by atoms with E-state index in [9.17, 15) is 4.79 Å². The average molecular weight is 508 g/mol. The number of nitrogens with zero attached hydrogens (tertiary/aromatic N) is 5. The lowest BCUT2D eigenvalue weighted by Gasteiger charge is -2.36. The van der Waals surface area contributed by atoms with Crippen molar-refractivity contribution in [3.05, 3.63) is 101 Å². The van der Waals surface area contributed by atoms with Gasteiger partial charge in [-0.3, -0.25) is 9.36 Å². The molecule has 0 unspecified atom stereocenters. The van der Waals surface area contributed by atoms with E-state index in [2.05, 4.69) is 16.8 Å². The summed E-state index contributed by atoms with van der Waals surface area (Å²) in [5.74, 6) is 1.55. The van der Waals surface area contributed by atoms with Gasteiger partial charge in [0, 0.05) is 37.8 Å². The Kier molecular flexibility index (Phi) is 7.65. The number of benzene rings is 3. The zero-order valence-electron chi connectivity index (χ0n) is 22.2. The Morgan fingerprint density at radius 3 is 2.21 bits per heavy atom. The van der Waals surface area contributed by atoms with Crippen LogP contribution in [0.1, 0.15) is 12.5 Å². The fourth-order valence-electron chi connectivity index (χ4n) is 4.72. The third-order valence-electron chi connectivity index (χ3n) is 6.83. The minimum atomic E-state index is -0.108. The SMILES string of the molecule is CCOc1ccc(-c2cc(=O)n(-c3ccccc3)c(N3CCN(C)CC3)c2N=Nc2ccccc2C)cc1. The first-order valence-corrected chi connectivity index (χ1v) is 13.0. The first kappa shape index (κ1) is 25.4. The monoisotopic (exact) mass is 507 g/mol. The Hall–Kier alpha value is -4.23. The number of likely N-dealkylation sites (N-methyl/N-ethyl adjacent to an activating group) is 1. The summed E-state index contributed by atoms with van der Waals surface area (Å²) in [5.41, 5.74) is 4.84. The van der Waals surface area contributed by atoms with Crippen LogP contribution in [0.3, 0.4) is 0 Å². The molecule has 4 aromatic rings. The average Bonchev–Trinajstić information content (AvgIpc) is 2.94. The molecule has 0 aliphatic carbocycles. The lowest BCUT2D eigenvalue weighted by molar-refractivity contribution is 0.311. The van der Waals surface area contributed by atoms with Crippen LogP contribution >= 0.6 is 0 Å². The third-order valence-corrected chi connectivity index (χ3v) is 6.83. The summed E-state index contributed by atoms with van der Waals surface area (Å²) in [6.45, 7) is 7.92. The number of hydrogen-bond acceptors (Lipinski definition) is 6. The quantitative estimate of drug-likeness (QED) is 0.272. The molecule has 38 heavy (non-hydrogen) atoms. The number of hydrogen-bond donors (Lipinski definition) is 0. The lowest BCUT2D eigenvalue weighted by atomic mass is 10.0. The van der Waals surface area contributed by atoms with Crippen LogP contribution < -0.4 is 15.2 Å². The fraction of sp³-hybridized carbons (Fsp3) is 0.258. The lowest BCUT2D eigenvalue weighted by Crippen LogP contribution is -2.46. The van der Waals surface area contributed by atoms with Gasteiger partial charge in [-0.2, -0.15) is 5.11 Å². The number of aromatic nitrogens is 1. The number of pyridine rings is 1. The fourth-order valence-corrected chi connectivity index (χ4v) is 4.72. The van der Waals surface area contributed by atoms with E-state index in [0.29, 0.717) is 12.3 Å². The molecular weight excluding hydrogens is 474 g/mol. The van der Waals surface area contributed by atoms with Crippen molar-refractivity contribution in [2.24, 2.45) is 10.2 Å². The molecule has 1 aliphatic heterocycles. The number of azo groups is 1. The minimum Gasteiger partial charge on any atom is -0.494 e. The maximum atomic E-state index is 13.8. The summed E-state index contributed by atoms with van der Waals surface area (Å²) in [4.78, 5) is 18.4. The van der Waals surface area contributed by atoms with Crippen molar-refractivity contribution in [3.63, 3.8) is 0 Å². The van der Waals surface area contributed by atoms with E-state index in [-0.39, 0.29) is 5.56 Å². The summed E-state index contributed by atoms with van der Waals surface area (Å²) in [6, 6.07) is 27.2. The predicted molar refractivity (Wildman–Crippen MR) is 154 cm³/mol. The van der Waals surface area contributed by atoms with E-state index in [1.807, 2.05) is 92.7 Å². The predicted octanol–water partition coefficient (Wildman–Crippen LogP) is 6.38. The smallest absolute Gasteiger partial charge is 0.257 e. The van der Waals surface area contributed by atoms with Crippen LogP contribution in [0, 0.1) is 6.92 Å². The molecule has 2 heterocycles. The Morgan fingerprint density at radius 1 is 0.842 bits per heavy atom. The molecule has 3 aromatic carbocycles. The van der Waals surface area contributed by atoms with Gasteiger partial charge in [-0.25, -0.2) is 0 Å². The minimum absolute atomic E-state index is 0.108. The van der Waals surface area contributed by atoms with Gasteiger partial charge < -0.3 is 14.5 Å².